The molecule has 0 fully saturated rings. The van der Waals surface area contributed by atoms with Gasteiger partial charge in [-0.05, 0) is 6.07 Å². The van der Waals surface area contributed by atoms with Gasteiger partial charge in [-0.1, -0.05) is 17.7 Å². The summed E-state index contributed by atoms with van der Waals surface area (Å²) in [5.74, 6) is -1.00. The molecule has 0 aliphatic rings. The summed E-state index contributed by atoms with van der Waals surface area (Å²) in [7, 11) is 0. The molecule has 106 valence electrons. The van der Waals surface area contributed by atoms with E-state index in [1.807, 2.05) is 5.32 Å². The molecular formula is C11H8ClF3N4O. The molecule has 5 nitrogen and oxygen atoms in total. The van der Waals surface area contributed by atoms with E-state index in [9.17, 15) is 18.0 Å². The molecule has 2 N–H and O–H groups in total. The molecule has 20 heavy (non-hydrogen) atoms. The van der Waals surface area contributed by atoms with Crippen LogP contribution in [0.2, 0.25) is 5.02 Å². The average Bonchev–Trinajstić information content (AvgIpc) is 2.82. The van der Waals surface area contributed by atoms with Gasteiger partial charge in [0, 0.05) is 18.0 Å². The Morgan fingerprint density at radius 1 is 1.40 bits per heavy atom. The average molecular weight is 305 g/mol. The quantitative estimate of drug-likeness (QED) is 0.915. The van der Waals surface area contributed by atoms with Gasteiger partial charge >= 0.3 is 6.18 Å². The van der Waals surface area contributed by atoms with E-state index in [4.69, 9.17) is 11.6 Å². The zero-order valence-electron chi connectivity index (χ0n) is 9.78. The first-order chi connectivity index (χ1) is 9.39. The highest BCUT2D eigenvalue weighted by Crippen LogP contribution is 2.32. The Morgan fingerprint density at radius 2 is 2.15 bits per heavy atom. The number of amides is 1. The number of aromatic amines is 1. The van der Waals surface area contributed by atoms with E-state index in [0.717, 1.165) is 12.4 Å². The molecule has 0 aromatic carbocycles. The summed E-state index contributed by atoms with van der Waals surface area (Å²) in [6.07, 6.45) is -1.16. The Kier molecular flexibility index (Phi) is 3.93. The molecule has 0 radical (unpaired) electrons. The molecule has 2 rings (SSSR count). The van der Waals surface area contributed by atoms with Crippen molar-refractivity contribution in [1.82, 2.24) is 20.5 Å². The number of halogens is 4. The minimum atomic E-state index is -4.66. The number of nitrogens with zero attached hydrogens (tertiary/aromatic N) is 2. The lowest BCUT2D eigenvalue weighted by Gasteiger charge is -2.21. The van der Waals surface area contributed by atoms with Crippen molar-refractivity contribution < 1.29 is 18.0 Å². The largest absolute Gasteiger partial charge is 0.412 e. The Morgan fingerprint density at radius 3 is 2.65 bits per heavy atom. The molecule has 0 saturated heterocycles. The standard InChI is InChI=1S/C11H8ClF3N4O/c12-7-5-17-19-8(7)10(20)18-9(11(13,14)15)6-2-1-3-16-4-6/h1-5,9H,(H,17,19)(H,18,20)/t9-/m0/s1. The molecule has 1 amide bonds. The maximum atomic E-state index is 13.0. The Balaban J connectivity index is 2.26. The lowest BCUT2D eigenvalue weighted by Crippen LogP contribution is -2.38. The lowest BCUT2D eigenvalue weighted by molar-refractivity contribution is -0.155. The van der Waals surface area contributed by atoms with Crippen LogP contribution in [0.4, 0.5) is 13.2 Å². The zero-order chi connectivity index (χ0) is 14.8. The number of H-pyrrole nitrogens is 1. The minimum absolute atomic E-state index is 0.0605. The van der Waals surface area contributed by atoms with E-state index in [-0.39, 0.29) is 16.3 Å². The monoisotopic (exact) mass is 304 g/mol. The maximum absolute atomic E-state index is 13.0. The first-order valence-corrected chi connectivity index (χ1v) is 5.73. The predicted octanol–water partition coefficient (Wildman–Crippen LogP) is 2.49. The molecule has 0 unspecified atom stereocenters. The second-order valence-electron chi connectivity index (χ2n) is 3.83. The van der Waals surface area contributed by atoms with E-state index in [1.54, 1.807) is 0 Å². The van der Waals surface area contributed by atoms with E-state index in [0.29, 0.717) is 0 Å². The highest BCUT2D eigenvalue weighted by Gasteiger charge is 2.42. The topological polar surface area (TPSA) is 70.7 Å². The summed E-state index contributed by atoms with van der Waals surface area (Å²) >= 11 is 5.63. The van der Waals surface area contributed by atoms with Crippen molar-refractivity contribution in [3.8, 4) is 0 Å². The first-order valence-electron chi connectivity index (χ1n) is 5.36. The molecule has 0 aliphatic carbocycles. The minimum Gasteiger partial charge on any atom is -0.335 e. The van der Waals surface area contributed by atoms with Gasteiger partial charge in [-0.3, -0.25) is 14.9 Å². The van der Waals surface area contributed by atoms with Crippen LogP contribution in [0.15, 0.2) is 30.7 Å². The van der Waals surface area contributed by atoms with E-state index in [1.165, 1.54) is 18.3 Å². The van der Waals surface area contributed by atoms with Crippen molar-refractivity contribution in [3.05, 3.63) is 47.0 Å². The second kappa shape index (κ2) is 5.49. The van der Waals surface area contributed by atoms with Crippen molar-refractivity contribution in [2.75, 3.05) is 0 Å². The van der Waals surface area contributed by atoms with Gasteiger partial charge in [0.1, 0.15) is 5.69 Å². The predicted molar refractivity (Wildman–Crippen MR) is 64.1 cm³/mol. The van der Waals surface area contributed by atoms with Gasteiger partial charge in [0.2, 0.25) is 0 Å². The summed E-state index contributed by atoms with van der Waals surface area (Å²) in [5.41, 5.74) is -0.409. The van der Waals surface area contributed by atoms with Crippen LogP contribution in [0.1, 0.15) is 22.1 Å². The smallest absolute Gasteiger partial charge is 0.335 e. The third-order valence-electron chi connectivity index (χ3n) is 2.44. The summed E-state index contributed by atoms with van der Waals surface area (Å²) in [6.45, 7) is 0. The molecule has 2 heterocycles. The molecule has 1 atom stereocenters. The highest BCUT2D eigenvalue weighted by atomic mass is 35.5. The Bertz CT molecular complexity index is 599. The molecule has 0 saturated carbocycles. The number of carbonyl (C=O) groups excluding carboxylic acids is 1. The molecule has 0 aliphatic heterocycles. The third kappa shape index (κ3) is 3.08. The fraction of sp³-hybridized carbons (Fsp3) is 0.182. The van der Waals surface area contributed by atoms with Crippen LogP contribution in [-0.4, -0.2) is 27.3 Å². The van der Waals surface area contributed by atoms with Crippen LogP contribution < -0.4 is 5.32 Å². The Labute approximate surface area is 116 Å². The SMILES string of the molecule is O=C(N[C@@H](c1cccnc1)C(F)(F)F)c1[nH]ncc1Cl. The maximum Gasteiger partial charge on any atom is 0.412 e. The van der Waals surface area contributed by atoms with Crippen molar-refractivity contribution in [2.45, 2.75) is 12.2 Å². The summed E-state index contributed by atoms with van der Waals surface area (Å²) in [4.78, 5) is 15.4. The number of rotatable bonds is 3. The van der Waals surface area contributed by atoms with Gasteiger partial charge in [0.15, 0.2) is 6.04 Å². The van der Waals surface area contributed by atoms with E-state index >= 15 is 0 Å². The van der Waals surface area contributed by atoms with Crippen molar-refractivity contribution in [2.24, 2.45) is 0 Å². The summed E-state index contributed by atoms with van der Waals surface area (Å²) < 4.78 is 39.0. The van der Waals surface area contributed by atoms with Gasteiger partial charge in [0.25, 0.3) is 5.91 Å². The van der Waals surface area contributed by atoms with Gasteiger partial charge in [-0.25, -0.2) is 0 Å². The van der Waals surface area contributed by atoms with Gasteiger partial charge in [-0.2, -0.15) is 18.3 Å². The number of nitrogens with one attached hydrogen (secondary N) is 2. The number of aromatic nitrogens is 3. The summed E-state index contributed by atoms with van der Waals surface area (Å²) in [5, 5.41) is 7.51. The van der Waals surface area contributed by atoms with Crippen LogP contribution in [0, 0.1) is 0 Å². The van der Waals surface area contributed by atoms with Crippen molar-refractivity contribution >= 4 is 17.5 Å². The molecule has 0 spiro atoms. The number of carbonyl (C=O) groups is 1. The van der Waals surface area contributed by atoms with Crippen LogP contribution >= 0.6 is 11.6 Å². The van der Waals surface area contributed by atoms with Crippen LogP contribution in [0.25, 0.3) is 0 Å². The van der Waals surface area contributed by atoms with Gasteiger partial charge < -0.3 is 5.32 Å². The van der Waals surface area contributed by atoms with Crippen molar-refractivity contribution in [1.29, 1.82) is 0 Å². The fourth-order valence-electron chi connectivity index (χ4n) is 1.53. The van der Waals surface area contributed by atoms with Gasteiger partial charge in [-0.15, -0.1) is 0 Å². The normalized spacial score (nSPS) is 13.0. The molecular weight excluding hydrogens is 297 g/mol. The molecule has 2 aromatic heterocycles. The van der Waals surface area contributed by atoms with E-state index < -0.39 is 18.1 Å². The second-order valence-corrected chi connectivity index (χ2v) is 4.23. The van der Waals surface area contributed by atoms with E-state index in [2.05, 4.69) is 15.2 Å². The molecule has 9 heteroatoms. The van der Waals surface area contributed by atoms with Gasteiger partial charge in [0.05, 0.1) is 11.2 Å². The molecule has 0 bridgehead atoms. The number of alkyl halides is 3. The lowest BCUT2D eigenvalue weighted by atomic mass is 10.1. The highest BCUT2D eigenvalue weighted by molar-refractivity contribution is 6.33. The van der Waals surface area contributed by atoms with Crippen LogP contribution in [0.3, 0.4) is 0 Å². The fourth-order valence-corrected chi connectivity index (χ4v) is 1.71. The number of hydrogen-bond donors (Lipinski definition) is 2. The van der Waals surface area contributed by atoms with Crippen molar-refractivity contribution in [3.63, 3.8) is 0 Å². The Hall–Kier alpha value is -2.09. The third-order valence-corrected chi connectivity index (χ3v) is 2.73. The number of pyridine rings is 1. The number of hydrogen-bond acceptors (Lipinski definition) is 3. The van der Waals surface area contributed by atoms with Crippen LogP contribution in [0.5, 0.6) is 0 Å². The molecule has 2 aromatic rings. The zero-order valence-corrected chi connectivity index (χ0v) is 10.5. The summed E-state index contributed by atoms with van der Waals surface area (Å²) in [6, 6.07) is 0.395. The van der Waals surface area contributed by atoms with Crippen LogP contribution in [-0.2, 0) is 0 Å². The first kappa shape index (κ1) is 14.3.